The van der Waals surface area contributed by atoms with Crippen LogP contribution in [-0.4, -0.2) is 21.6 Å². The molecule has 1 aliphatic rings. The van der Waals surface area contributed by atoms with E-state index >= 15 is 0 Å². The highest BCUT2D eigenvalue weighted by Gasteiger charge is 2.22. The van der Waals surface area contributed by atoms with Gasteiger partial charge >= 0.3 is 0 Å². The summed E-state index contributed by atoms with van der Waals surface area (Å²) in [6, 6.07) is 5.18. The van der Waals surface area contributed by atoms with Crippen LogP contribution in [0.5, 0.6) is 5.75 Å². The number of rotatable bonds is 5. The fraction of sp³-hybridized carbons (Fsp3) is 0.647. The van der Waals surface area contributed by atoms with Gasteiger partial charge in [-0.15, -0.1) is 0 Å². The first-order valence-electron chi connectivity index (χ1n) is 8.14. The maximum absolute atomic E-state index is 12.6. The molecule has 5 heteroatoms. The average molecular weight is 325 g/mol. The summed E-state index contributed by atoms with van der Waals surface area (Å²) in [5.41, 5.74) is 0.922. The molecule has 0 aliphatic heterocycles. The standard InChI is InChI=1S/C17H27NO3S/c1-13(2)16-12-15(10-11-17(16)21-3)22(19,20)18-14-8-6-4-5-7-9-14/h10-14,18H,4-9H2,1-3H3. The lowest BCUT2D eigenvalue weighted by molar-refractivity contribution is 0.407. The maximum Gasteiger partial charge on any atom is 0.240 e. The van der Waals surface area contributed by atoms with E-state index in [4.69, 9.17) is 4.74 Å². The summed E-state index contributed by atoms with van der Waals surface area (Å²) in [6.45, 7) is 4.07. The van der Waals surface area contributed by atoms with Crippen molar-refractivity contribution < 1.29 is 13.2 Å². The van der Waals surface area contributed by atoms with Gasteiger partial charge in [0.1, 0.15) is 5.75 Å². The van der Waals surface area contributed by atoms with Crippen molar-refractivity contribution in [3.8, 4) is 5.75 Å². The number of sulfonamides is 1. The Labute approximate surface area is 134 Å². The molecule has 0 unspecified atom stereocenters. The minimum Gasteiger partial charge on any atom is -0.496 e. The molecule has 1 N–H and O–H groups in total. The Morgan fingerprint density at radius 3 is 2.32 bits per heavy atom. The van der Waals surface area contributed by atoms with Gasteiger partial charge in [-0.3, -0.25) is 0 Å². The van der Waals surface area contributed by atoms with Gasteiger partial charge in [0.2, 0.25) is 10.0 Å². The number of nitrogens with one attached hydrogen (secondary N) is 1. The molecule has 0 aromatic heterocycles. The van der Waals surface area contributed by atoms with E-state index in [2.05, 4.69) is 4.72 Å². The van der Waals surface area contributed by atoms with E-state index in [0.29, 0.717) is 4.90 Å². The fourth-order valence-corrected chi connectivity index (χ4v) is 4.36. The molecule has 1 aromatic carbocycles. The zero-order valence-electron chi connectivity index (χ0n) is 13.8. The van der Waals surface area contributed by atoms with Crippen molar-refractivity contribution in [1.82, 2.24) is 4.72 Å². The molecule has 0 atom stereocenters. The first-order chi connectivity index (χ1) is 10.4. The molecule has 2 rings (SSSR count). The molecule has 1 saturated carbocycles. The van der Waals surface area contributed by atoms with Gasteiger partial charge in [0, 0.05) is 6.04 Å². The lowest BCUT2D eigenvalue weighted by atomic mass is 10.0. The third kappa shape index (κ3) is 4.23. The zero-order chi connectivity index (χ0) is 16.2. The Kier molecular flexibility index (Phi) is 5.87. The molecule has 124 valence electrons. The first-order valence-corrected chi connectivity index (χ1v) is 9.62. The van der Waals surface area contributed by atoms with Crippen LogP contribution in [0.25, 0.3) is 0 Å². The summed E-state index contributed by atoms with van der Waals surface area (Å²) >= 11 is 0. The molecule has 4 nitrogen and oxygen atoms in total. The zero-order valence-corrected chi connectivity index (χ0v) is 14.6. The molecule has 22 heavy (non-hydrogen) atoms. The lowest BCUT2D eigenvalue weighted by Gasteiger charge is -2.18. The summed E-state index contributed by atoms with van der Waals surface area (Å²) in [4.78, 5) is 0.334. The first kappa shape index (κ1) is 17.3. The van der Waals surface area contributed by atoms with E-state index in [-0.39, 0.29) is 12.0 Å². The number of benzene rings is 1. The van der Waals surface area contributed by atoms with Crippen molar-refractivity contribution in [2.24, 2.45) is 0 Å². The van der Waals surface area contributed by atoms with Gasteiger partial charge < -0.3 is 4.74 Å². The van der Waals surface area contributed by atoms with Crippen LogP contribution < -0.4 is 9.46 Å². The topological polar surface area (TPSA) is 55.4 Å². The van der Waals surface area contributed by atoms with Crippen molar-refractivity contribution in [1.29, 1.82) is 0 Å². The van der Waals surface area contributed by atoms with Crippen molar-refractivity contribution in [2.45, 2.75) is 69.2 Å². The average Bonchev–Trinajstić information content (AvgIpc) is 2.74. The molecule has 1 aromatic rings. The number of hydrogen-bond donors (Lipinski definition) is 1. The second-order valence-corrected chi connectivity index (χ2v) is 8.08. The van der Waals surface area contributed by atoms with Gasteiger partial charge in [-0.25, -0.2) is 13.1 Å². The van der Waals surface area contributed by atoms with Gasteiger partial charge in [0.05, 0.1) is 12.0 Å². The number of methoxy groups -OCH3 is 1. The molecule has 0 radical (unpaired) electrons. The maximum atomic E-state index is 12.6. The van der Waals surface area contributed by atoms with E-state index in [1.807, 2.05) is 13.8 Å². The Morgan fingerprint density at radius 1 is 1.14 bits per heavy atom. The summed E-state index contributed by atoms with van der Waals surface area (Å²) in [6.07, 6.45) is 6.50. The minimum absolute atomic E-state index is 0.0668. The van der Waals surface area contributed by atoms with E-state index in [0.717, 1.165) is 37.0 Å². The molecule has 1 fully saturated rings. The quantitative estimate of drug-likeness (QED) is 0.837. The van der Waals surface area contributed by atoms with Crippen molar-refractivity contribution >= 4 is 10.0 Å². The van der Waals surface area contributed by atoms with Crippen LogP contribution in [0, 0.1) is 0 Å². The second kappa shape index (κ2) is 7.47. The molecule has 0 spiro atoms. The third-order valence-corrected chi connectivity index (χ3v) is 5.83. The third-order valence-electron chi connectivity index (χ3n) is 4.31. The van der Waals surface area contributed by atoms with Crippen molar-refractivity contribution in [3.05, 3.63) is 23.8 Å². The van der Waals surface area contributed by atoms with Crippen LogP contribution in [0.3, 0.4) is 0 Å². The fourth-order valence-electron chi connectivity index (χ4n) is 3.02. The monoisotopic (exact) mass is 325 g/mol. The summed E-state index contributed by atoms with van der Waals surface area (Å²) < 4.78 is 33.5. The highest BCUT2D eigenvalue weighted by molar-refractivity contribution is 7.89. The van der Waals surface area contributed by atoms with E-state index in [1.165, 1.54) is 12.8 Å². The van der Waals surface area contributed by atoms with Crippen LogP contribution in [0.4, 0.5) is 0 Å². The van der Waals surface area contributed by atoms with Crippen LogP contribution in [-0.2, 0) is 10.0 Å². The summed E-state index contributed by atoms with van der Waals surface area (Å²) in [7, 11) is -1.85. The second-order valence-electron chi connectivity index (χ2n) is 6.37. The van der Waals surface area contributed by atoms with Crippen LogP contribution in [0.1, 0.15) is 63.9 Å². The molecular weight excluding hydrogens is 298 g/mol. The highest BCUT2D eigenvalue weighted by atomic mass is 32.2. The van der Waals surface area contributed by atoms with Crippen molar-refractivity contribution in [2.75, 3.05) is 7.11 Å². The Balaban J connectivity index is 2.23. The Bertz CT molecular complexity index is 588. The molecule has 0 bridgehead atoms. The van der Waals surface area contributed by atoms with Crippen LogP contribution in [0.15, 0.2) is 23.1 Å². The van der Waals surface area contributed by atoms with Gasteiger partial charge in [-0.05, 0) is 42.5 Å². The van der Waals surface area contributed by atoms with E-state index < -0.39 is 10.0 Å². The van der Waals surface area contributed by atoms with Gasteiger partial charge in [0.25, 0.3) is 0 Å². The summed E-state index contributed by atoms with van der Waals surface area (Å²) in [5, 5.41) is 0. The SMILES string of the molecule is COc1ccc(S(=O)(=O)NC2CCCCCC2)cc1C(C)C. The predicted molar refractivity (Wildman–Crippen MR) is 88.9 cm³/mol. The Hall–Kier alpha value is -1.07. The lowest BCUT2D eigenvalue weighted by Crippen LogP contribution is -2.34. The number of ether oxygens (including phenoxy) is 1. The summed E-state index contributed by atoms with van der Waals surface area (Å²) in [5.74, 6) is 0.950. The van der Waals surface area contributed by atoms with Gasteiger partial charge in [-0.2, -0.15) is 0 Å². The van der Waals surface area contributed by atoms with Crippen LogP contribution >= 0.6 is 0 Å². The van der Waals surface area contributed by atoms with Crippen molar-refractivity contribution in [3.63, 3.8) is 0 Å². The highest BCUT2D eigenvalue weighted by Crippen LogP contribution is 2.29. The largest absolute Gasteiger partial charge is 0.496 e. The van der Waals surface area contributed by atoms with Gasteiger partial charge in [0.15, 0.2) is 0 Å². The molecule has 0 heterocycles. The van der Waals surface area contributed by atoms with E-state index in [9.17, 15) is 8.42 Å². The smallest absolute Gasteiger partial charge is 0.240 e. The minimum atomic E-state index is -3.46. The molecule has 1 aliphatic carbocycles. The Morgan fingerprint density at radius 2 is 1.77 bits per heavy atom. The molecular formula is C17H27NO3S. The normalized spacial score (nSPS) is 17.5. The molecule has 0 saturated heterocycles. The van der Waals surface area contributed by atoms with E-state index in [1.54, 1.807) is 25.3 Å². The van der Waals surface area contributed by atoms with Crippen LogP contribution in [0.2, 0.25) is 0 Å². The molecule has 0 amide bonds. The van der Waals surface area contributed by atoms with Gasteiger partial charge in [-0.1, -0.05) is 39.5 Å². The predicted octanol–water partition coefficient (Wildman–Crippen LogP) is 3.82. The number of hydrogen-bond acceptors (Lipinski definition) is 3.